The third kappa shape index (κ3) is 5.98. The summed E-state index contributed by atoms with van der Waals surface area (Å²) in [5.41, 5.74) is 3.78. The van der Waals surface area contributed by atoms with Crippen LogP contribution in [-0.2, 0) is 11.2 Å². The Hall–Kier alpha value is -1.28. The summed E-state index contributed by atoms with van der Waals surface area (Å²) >= 11 is 0. The van der Waals surface area contributed by atoms with E-state index in [9.17, 15) is 0 Å². The third-order valence-corrected chi connectivity index (χ3v) is 3.72. The topological polar surface area (TPSA) is 61.4 Å². The van der Waals surface area contributed by atoms with Gasteiger partial charge in [-0.25, -0.2) is 0 Å². The minimum absolute atomic E-state index is 0. The van der Waals surface area contributed by atoms with Gasteiger partial charge in [-0.15, -0.1) is 24.0 Å². The first-order chi connectivity index (χ1) is 11.1. The van der Waals surface area contributed by atoms with Crippen molar-refractivity contribution in [2.45, 2.75) is 33.2 Å². The molecule has 1 atom stereocenters. The van der Waals surface area contributed by atoms with Crippen molar-refractivity contribution < 1.29 is 4.74 Å². The number of nitrogens with zero attached hydrogens (tertiary/aromatic N) is 1. The average molecular weight is 444 g/mol. The summed E-state index contributed by atoms with van der Waals surface area (Å²) in [6, 6.07) is 6.75. The molecule has 1 heterocycles. The molecule has 5 nitrogen and oxygen atoms in total. The van der Waals surface area contributed by atoms with Gasteiger partial charge in [0.05, 0.1) is 6.61 Å². The van der Waals surface area contributed by atoms with Gasteiger partial charge in [0.15, 0.2) is 5.96 Å². The van der Waals surface area contributed by atoms with Crippen LogP contribution in [0.15, 0.2) is 29.4 Å². The number of benzene rings is 1. The number of aromatic nitrogens is 1. The Balaban J connectivity index is 0.00000288. The van der Waals surface area contributed by atoms with Crippen LogP contribution in [0.25, 0.3) is 10.9 Å². The number of guanidine groups is 1. The van der Waals surface area contributed by atoms with Crippen molar-refractivity contribution >= 4 is 40.8 Å². The number of fused-ring (bicyclic) bond motifs is 1. The number of hydrogen-bond acceptors (Lipinski definition) is 2. The van der Waals surface area contributed by atoms with Crippen LogP contribution in [0.4, 0.5) is 0 Å². The van der Waals surface area contributed by atoms with Gasteiger partial charge in [0.1, 0.15) is 0 Å². The van der Waals surface area contributed by atoms with Gasteiger partial charge in [0.2, 0.25) is 0 Å². The molecule has 24 heavy (non-hydrogen) atoms. The average Bonchev–Trinajstić information content (AvgIpc) is 2.90. The van der Waals surface area contributed by atoms with Crippen molar-refractivity contribution in [2.75, 3.05) is 26.8 Å². The molecule has 0 fully saturated rings. The standard InChI is InChI=1S/C18H28N4O.HI/c1-5-19-18(22-14(3)12-23-4)20-9-8-15-11-21-17-10-13(2)6-7-16(15)17;/h6-7,10-11,14,21H,5,8-9,12H2,1-4H3,(H2,19,20,22);1H. The molecule has 0 saturated heterocycles. The van der Waals surface area contributed by atoms with E-state index < -0.39 is 0 Å². The molecule has 1 aromatic carbocycles. The second-order valence-corrected chi connectivity index (χ2v) is 5.87. The predicted octanol–water partition coefficient (Wildman–Crippen LogP) is 3.23. The number of nitrogens with one attached hydrogen (secondary N) is 3. The van der Waals surface area contributed by atoms with Crippen molar-refractivity contribution in [3.63, 3.8) is 0 Å². The van der Waals surface area contributed by atoms with Gasteiger partial charge in [-0.3, -0.25) is 4.99 Å². The summed E-state index contributed by atoms with van der Waals surface area (Å²) in [6.45, 7) is 8.51. The summed E-state index contributed by atoms with van der Waals surface area (Å²) in [4.78, 5) is 8.00. The highest BCUT2D eigenvalue weighted by Crippen LogP contribution is 2.19. The van der Waals surface area contributed by atoms with Crippen LogP contribution in [0.1, 0.15) is 25.0 Å². The van der Waals surface area contributed by atoms with E-state index in [1.54, 1.807) is 7.11 Å². The summed E-state index contributed by atoms with van der Waals surface area (Å²) in [7, 11) is 1.71. The number of H-pyrrole nitrogens is 1. The van der Waals surface area contributed by atoms with Crippen molar-refractivity contribution in [1.29, 1.82) is 0 Å². The van der Waals surface area contributed by atoms with Gasteiger partial charge in [0.25, 0.3) is 0 Å². The van der Waals surface area contributed by atoms with Gasteiger partial charge in [0, 0.05) is 43.3 Å². The monoisotopic (exact) mass is 444 g/mol. The van der Waals surface area contributed by atoms with Gasteiger partial charge in [-0.2, -0.15) is 0 Å². The lowest BCUT2D eigenvalue weighted by Crippen LogP contribution is -2.44. The lowest BCUT2D eigenvalue weighted by Gasteiger charge is -2.16. The van der Waals surface area contributed by atoms with Crippen LogP contribution in [0.3, 0.4) is 0 Å². The van der Waals surface area contributed by atoms with Crippen LogP contribution in [0, 0.1) is 6.92 Å². The maximum atomic E-state index is 5.15. The molecule has 134 valence electrons. The Kier molecular flexibility index (Phi) is 9.13. The zero-order chi connectivity index (χ0) is 16.7. The van der Waals surface area contributed by atoms with E-state index in [0.29, 0.717) is 6.61 Å². The molecule has 0 aliphatic rings. The van der Waals surface area contributed by atoms with E-state index in [0.717, 1.165) is 25.5 Å². The summed E-state index contributed by atoms with van der Waals surface area (Å²) in [5.74, 6) is 0.840. The molecule has 1 aromatic heterocycles. The molecule has 2 aromatic rings. The molecular formula is C18H29IN4O. The van der Waals surface area contributed by atoms with E-state index in [1.165, 1.54) is 22.0 Å². The molecule has 3 N–H and O–H groups in total. The summed E-state index contributed by atoms with van der Waals surface area (Å²) in [5, 5.41) is 7.91. The van der Waals surface area contributed by atoms with Crippen molar-refractivity contribution in [3.8, 4) is 0 Å². The third-order valence-electron chi connectivity index (χ3n) is 3.72. The van der Waals surface area contributed by atoms with Gasteiger partial charge < -0.3 is 20.4 Å². The second kappa shape index (κ2) is 10.6. The number of hydrogen-bond donors (Lipinski definition) is 3. The number of aromatic amines is 1. The first kappa shape index (κ1) is 20.8. The van der Waals surface area contributed by atoms with Crippen LogP contribution in [-0.4, -0.2) is 43.8 Å². The number of methoxy groups -OCH3 is 1. The Morgan fingerprint density at radius 1 is 1.38 bits per heavy atom. The molecule has 0 aliphatic heterocycles. The van der Waals surface area contributed by atoms with Crippen LogP contribution in [0.5, 0.6) is 0 Å². The van der Waals surface area contributed by atoms with Crippen LogP contribution >= 0.6 is 24.0 Å². The molecule has 0 radical (unpaired) electrons. The number of aryl methyl sites for hydroxylation is 1. The zero-order valence-electron chi connectivity index (χ0n) is 15.0. The Bertz CT molecular complexity index is 654. The molecule has 0 bridgehead atoms. The fraction of sp³-hybridized carbons (Fsp3) is 0.500. The summed E-state index contributed by atoms with van der Waals surface area (Å²) < 4.78 is 5.15. The molecule has 0 amide bonds. The summed E-state index contributed by atoms with van der Waals surface area (Å²) in [6.07, 6.45) is 3.01. The SMILES string of the molecule is CCNC(=NCCc1c[nH]c2cc(C)ccc12)NC(C)COC.I. The highest BCUT2D eigenvalue weighted by atomic mass is 127. The predicted molar refractivity (Wildman–Crippen MR) is 113 cm³/mol. The maximum Gasteiger partial charge on any atom is 0.191 e. The highest BCUT2D eigenvalue weighted by molar-refractivity contribution is 14.0. The largest absolute Gasteiger partial charge is 0.383 e. The first-order valence-corrected chi connectivity index (χ1v) is 8.24. The number of rotatable bonds is 7. The van der Waals surface area contributed by atoms with Crippen LogP contribution in [0.2, 0.25) is 0 Å². The Morgan fingerprint density at radius 3 is 2.88 bits per heavy atom. The smallest absolute Gasteiger partial charge is 0.191 e. The normalized spacial score (nSPS) is 12.8. The Labute approximate surface area is 161 Å². The van der Waals surface area contributed by atoms with E-state index >= 15 is 0 Å². The quantitative estimate of drug-likeness (QED) is 0.349. The van der Waals surface area contributed by atoms with Crippen LogP contribution < -0.4 is 10.6 Å². The lowest BCUT2D eigenvalue weighted by atomic mass is 10.1. The minimum atomic E-state index is 0. The van der Waals surface area contributed by atoms with E-state index in [2.05, 4.69) is 65.8 Å². The van der Waals surface area contributed by atoms with Gasteiger partial charge >= 0.3 is 0 Å². The number of aliphatic imine (C=N–C) groups is 1. The fourth-order valence-corrected chi connectivity index (χ4v) is 2.64. The molecule has 0 saturated carbocycles. The fourth-order valence-electron chi connectivity index (χ4n) is 2.64. The number of ether oxygens (including phenoxy) is 1. The van der Waals surface area contributed by atoms with E-state index in [-0.39, 0.29) is 30.0 Å². The Morgan fingerprint density at radius 2 is 2.17 bits per heavy atom. The van der Waals surface area contributed by atoms with Gasteiger partial charge in [-0.1, -0.05) is 12.1 Å². The van der Waals surface area contributed by atoms with Crippen molar-refractivity contribution in [3.05, 3.63) is 35.5 Å². The first-order valence-electron chi connectivity index (χ1n) is 8.24. The van der Waals surface area contributed by atoms with Crippen molar-refractivity contribution in [2.24, 2.45) is 4.99 Å². The van der Waals surface area contributed by atoms with E-state index in [4.69, 9.17) is 4.74 Å². The maximum absolute atomic E-state index is 5.15. The molecule has 6 heteroatoms. The van der Waals surface area contributed by atoms with E-state index in [1.807, 2.05) is 0 Å². The molecule has 2 rings (SSSR count). The van der Waals surface area contributed by atoms with Crippen molar-refractivity contribution in [1.82, 2.24) is 15.6 Å². The molecule has 0 aliphatic carbocycles. The molecular weight excluding hydrogens is 415 g/mol. The highest BCUT2D eigenvalue weighted by Gasteiger charge is 2.06. The molecule has 0 spiro atoms. The number of halogens is 1. The minimum Gasteiger partial charge on any atom is -0.383 e. The lowest BCUT2D eigenvalue weighted by molar-refractivity contribution is 0.179. The second-order valence-electron chi connectivity index (χ2n) is 5.87. The zero-order valence-corrected chi connectivity index (χ0v) is 17.3. The van der Waals surface area contributed by atoms with Gasteiger partial charge in [-0.05, 0) is 44.4 Å². The molecule has 1 unspecified atom stereocenters.